The number of imidazole rings is 1. The van der Waals surface area contributed by atoms with Gasteiger partial charge in [-0.2, -0.15) is 0 Å². The summed E-state index contributed by atoms with van der Waals surface area (Å²) in [7, 11) is 0. The molecule has 0 fully saturated rings. The summed E-state index contributed by atoms with van der Waals surface area (Å²) in [5, 5.41) is 9.36. The van der Waals surface area contributed by atoms with Crippen LogP contribution in [-0.2, 0) is 0 Å². The molecule has 128 valence electrons. The van der Waals surface area contributed by atoms with Gasteiger partial charge in [0.15, 0.2) is 4.96 Å². The van der Waals surface area contributed by atoms with E-state index < -0.39 is 0 Å². The molecule has 2 heterocycles. The Kier molecular flexibility index (Phi) is 4.58. The quantitative estimate of drug-likeness (QED) is 0.324. The Balaban J connectivity index is 1.77. The predicted octanol–water partition coefficient (Wildman–Crippen LogP) is 4.05. The van der Waals surface area contributed by atoms with Gasteiger partial charge in [0.1, 0.15) is 11.4 Å². The fraction of sp³-hybridized carbons (Fsp3) is 0.105. The maximum absolute atomic E-state index is 12.8. The molecule has 2 aromatic heterocycles. The molecule has 0 aliphatic carbocycles. The van der Waals surface area contributed by atoms with Gasteiger partial charge >= 0.3 is 0 Å². The second-order valence-corrected chi connectivity index (χ2v) is 6.71. The van der Waals surface area contributed by atoms with E-state index in [0.717, 1.165) is 21.3 Å². The number of amides is 1. The second-order valence-electron chi connectivity index (χ2n) is 5.66. The SMILES string of the molecule is O=C(NCCN=C=S)c1c(-c2ccc3ccccc3c2)nc2sccn12. The summed E-state index contributed by atoms with van der Waals surface area (Å²) < 4.78 is 1.83. The minimum atomic E-state index is -0.182. The normalized spacial score (nSPS) is 10.8. The van der Waals surface area contributed by atoms with Crippen LogP contribution in [0.5, 0.6) is 0 Å². The molecule has 4 rings (SSSR count). The number of carbonyl (C=O) groups is 1. The number of hydrogen-bond acceptors (Lipinski definition) is 5. The molecule has 0 atom stereocenters. The molecule has 0 saturated heterocycles. The average molecular weight is 378 g/mol. The largest absolute Gasteiger partial charge is 0.349 e. The third-order valence-electron chi connectivity index (χ3n) is 4.07. The van der Waals surface area contributed by atoms with Crippen molar-refractivity contribution in [1.82, 2.24) is 14.7 Å². The van der Waals surface area contributed by atoms with Crippen LogP contribution in [0, 0.1) is 0 Å². The van der Waals surface area contributed by atoms with E-state index in [0.29, 0.717) is 24.5 Å². The third-order valence-corrected chi connectivity index (χ3v) is 4.96. The lowest BCUT2D eigenvalue weighted by Gasteiger charge is -2.06. The van der Waals surface area contributed by atoms with Gasteiger partial charge in [-0.3, -0.25) is 9.20 Å². The smallest absolute Gasteiger partial charge is 0.270 e. The Bertz CT molecular complexity index is 1150. The molecule has 0 aliphatic heterocycles. The molecule has 2 aromatic carbocycles. The predicted molar refractivity (Wildman–Crippen MR) is 108 cm³/mol. The molecule has 0 spiro atoms. The van der Waals surface area contributed by atoms with Gasteiger partial charge in [-0.25, -0.2) is 9.98 Å². The Morgan fingerprint density at radius 1 is 1.27 bits per heavy atom. The van der Waals surface area contributed by atoms with Gasteiger partial charge in [0, 0.05) is 23.7 Å². The molecule has 5 nitrogen and oxygen atoms in total. The van der Waals surface area contributed by atoms with Crippen molar-refractivity contribution in [1.29, 1.82) is 0 Å². The Labute approximate surface area is 159 Å². The minimum Gasteiger partial charge on any atom is -0.349 e. The van der Waals surface area contributed by atoms with Crippen molar-refractivity contribution < 1.29 is 4.79 Å². The number of thiazole rings is 1. The van der Waals surface area contributed by atoms with Gasteiger partial charge < -0.3 is 5.32 Å². The van der Waals surface area contributed by atoms with Gasteiger partial charge in [0.05, 0.1) is 11.7 Å². The average Bonchev–Trinajstić information content (AvgIpc) is 3.25. The monoisotopic (exact) mass is 378 g/mol. The molecular formula is C19H14N4OS2. The highest BCUT2D eigenvalue weighted by molar-refractivity contribution is 7.78. The highest BCUT2D eigenvalue weighted by Crippen LogP contribution is 2.29. The van der Waals surface area contributed by atoms with Gasteiger partial charge in [-0.1, -0.05) is 36.4 Å². The van der Waals surface area contributed by atoms with Crippen LogP contribution in [0.2, 0.25) is 0 Å². The molecule has 1 amide bonds. The standard InChI is InChI=1S/C19H14N4OS2/c24-18(21-8-7-20-12-25)17-16(22-19-23(17)9-10-26-19)15-6-5-13-3-1-2-4-14(13)11-15/h1-6,9-11H,7-8H2,(H,21,24). The zero-order valence-corrected chi connectivity index (χ0v) is 15.3. The zero-order chi connectivity index (χ0) is 17.9. The summed E-state index contributed by atoms with van der Waals surface area (Å²) in [5.41, 5.74) is 2.13. The van der Waals surface area contributed by atoms with Gasteiger partial charge in [-0.15, -0.1) is 11.3 Å². The van der Waals surface area contributed by atoms with Crippen LogP contribution in [0.3, 0.4) is 0 Å². The molecule has 4 aromatic rings. The molecule has 7 heteroatoms. The number of nitrogens with zero attached hydrogens (tertiary/aromatic N) is 3. The van der Waals surface area contributed by atoms with Crippen LogP contribution in [0.1, 0.15) is 10.5 Å². The summed E-state index contributed by atoms with van der Waals surface area (Å²) in [5.74, 6) is -0.182. The number of hydrogen-bond donors (Lipinski definition) is 1. The molecule has 0 radical (unpaired) electrons. The van der Waals surface area contributed by atoms with Crippen LogP contribution in [0.15, 0.2) is 59.0 Å². The van der Waals surface area contributed by atoms with Crippen LogP contribution < -0.4 is 5.32 Å². The number of aliphatic imine (C=N–C) groups is 1. The first-order chi connectivity index (χ1) is 12.8. The van der Waals surface area contributed by atoms with Crippen molar-refractivity contribution in [3.05, 3.63) is 59.7 Å². The van der Waals surface area contributed by atoms with E-state index >= 15 is 0 Å². The molecule has 0 bridgehead atoms. The van der Waals surface area contributed by atoms with E-state index in [4.69, 9.17) is 0 Å². The molecule has 0 aliphatic rings. The Morgan fingerprint density at radius 2 is 2.12 bits per heavy atom. The summed E-state index contributed by atoms with van der Waals surface area (Å²) >= 11 is 6.04. The van der Waals surface area contributed by atoms with Gasteiger partial charge in [-0.05, 0) is 29.1 Å². The number of fused-ring (bicyclic) bond motifs is 2. The number of thiocarbonyl (C=S) groups is 1. The Morgan fingerprint density at radius 3 is 2.96 bits per heavy atom. The van der Waals surface area contributed by atoms with E-state index in [9.17, 15) is 4.79 Å². The maximum atomic E-state index is 12.8. The fourth-order valence-corrected chi connectivity index (χ4v) is 3.70. The lowest BCUT2D eigenvalue weighted by molar-refractivity contribution is 0.0950. The van der Waals surface area contributed by atoms with E-state index in [-0.39, 0.29) is 5.91 Å². The number of rotatable bonds is 5. The maximum Gasteiger partial charge on any atom is 0.270 e. The van der Waals surface area contributed by atoms with Gasteiger partial charge in [0.2, 0.25) is 0 Å². The number of isothiocyanates is 1. The van der Waals surface area contributed by atoms with Crippen molar-refractivity contribution in [3.8, 4) is 11.3 Å². The van der Waals surface area contributed by atoms with Crippen LogP contribution in [0.4, 0.5) is 0 Å². The van der Waals surface area contributed by atoms with Crippen molar-refractivity contribution in [2.24, 2.45) is 4.99 Å². The summed E-state index contributed by atoms with van der Waals surface area (Å²) in [6.07, 6.45) is 1.86. The van der Waals surface area contributed by atoms with E-state index in [1.165, 1.54) is 11.3 Å². The zero-order valence-electron chi connectivity index (χ0n) is 13.7. The lowest BCUT2D eigenvalue weighted by atomic mass is 10.0. The van der Waals surface area contributed by atoms with Crippen LogP contribution >= 0.6 is 23.6 Å². The minimum absolute atomic E-state index is 0.182. The second kappa shape index (κ2) is 7.17. The topological polar surface area (TPSA) is 58.8 Å². The number of carbonyl (C=O) groups excluding carboxylic acids is 1. The van der Waals surface area contributed by atoms with Crippen molar-refractivity contribution in [3.63, 3.8) is 0 Å². The highest BCUT2D eigenvalue weighted by atomic mass is 32.1. The van der Waals surface area contributed by atoms with Crippen LogP contribution in [0.25, 0.3) is 27.0 Å². The molecular weight excluding hydrogens is 364 g/mol. The first-order valence-electron chi connectivity index (χ1n) is 8.04. The van der Waals surface area contributed by atoms with E-state index in [1.54, 1.807) is 0 Å². The van der Waals surface area contributed by atoms with E-state index in [2.05, 4.69) is 50.9 Å². The molecule has 1 N–H and O–H groups in total. The molecule has 0 saturated carbocycles. The lowest BCUT2D eigenvalue weighted by Crippen LogP contribution is -2.27. The number of benzene rings is 2. The summed E-state index contributed by atoms with van der Waals surface area (Å²) in [6, 6.07) is 14.2. The summed E-state index contributed by atoms with van der Waals surface area (Å²) in [6.45, 7) is 0.809. The van der Waals surface area contributed by atoms with Gasteiger partial charge in [0.25, 0.3) is 5.91 Å². The Hall–Kier alpha value is -2.86. The molecule has 0 unspecified atom stereocenters. The molecule has 26 heavy (non-hydrogen) atoms. The third kappa shape index (κ3) is 3.04. The summed E-state index contributed by atoms with van der Waals surface area (Å²) in [4.78, 5) is 22.1. The first kappa shape index (κ1) is 16.6. The van der Waals surface area contributed by atoms with Crippen molar-refractivity contribution in [2.75, 3.05) is 13.1 Å². The number of nitrogens with one attached hydrogen (secondary N) is 1. The number of aromatic nitrogens is 2. The van der Waals surface area contributed by atoms with Crippen molar-refractivity contribution in [2.45, 2.75) is 0 Å². The highest BCUT2D eigenvalue weighted by Gasteiger charge is 2.21. The van der Waals surface area contributed by atoms with E-state index in [1.807, 2.05) is 40.2 Å². The van der Waals surface area contributed by atoms with Crippen molar-refractivity contribution >= 4 is 50.4 Å². The first-order valence-corrected chi connectivity index (χ1v) is 9.33. The van der Waals surface area contributed by atoms with Crippen LogP contribution in [-0.4, -0.2) is 33.5 Å². The fourth-order valence-electron chi connectivity index (χ4n) is 2.90.